The number of piperazine rings is 1. The Morgan fingerprint density at radius 1 is 1.00 bits per heavy atom. The second kappa shape index (κ2) is 9.60. The van der Waals surface area contributed by atoms with E-state index in [0.717, 1.165) is 31.9 Å². The molecule has 2 atom stereocenters. The maximum absolute atomic E-state index is 6.09. The monoisotopic (exact) mass is 420 g/mol. The molecular weight excluding hydrogens is 384 g/mol. The summed E-state index contributed by atoms with van der Waals surface area (Å²) in [4.78, 5) is 2.44. The summed E-state index contributed by atoms with van der Waals surface area (Å²) < 4.78 is 6.09. The average Bonchev–Trinajstić information content (AvgIpc) is 3.59. The van der Waals surface area contributed by atoms with Crippen molar-refractivity contribution in [3.63, 3.8) is 0 Å². The molecule has 0 radical (unpaired) electrons. The van der Waals surface area contributed by atoms with Crippen molar-refractivity contribution in [3.8, 4) is 5.75 Å². The van der Waals surface area contributed by atoms with E-state index in [4.69, 9.17) is 10.5 Å². The van der Waals surface area contributed by atoms with Crippen LogP contribution < -0.4 is 26.0 Å². The van der Waals surface area contributed by atoms with E-state index in [1.165, 1.54) is 48.9 Å². The Labute approximate surface area is 186 Å². The van der Waals surface area contributed by atoms with Crippen molar-refractivity contribution in [3.05, 3.63) is 59.7 Å². The minimum atomic E-state index is 0.421. The topological polar surface area (TPSA) is 62.6 Å². The van der Waals surface area contributed by atoms with Gasteiger partial charge in [0.25, 0.3) is 0 Å². The van der Waals surface area contributed by atoms with E-state index in [1.54, 1.807) is 0 Å². The molecule has 4 N–H and O–H groups in total. The Hall–Kier alpha value is -2.08. The first kappa shape index (κ1) is 20.8. The summed E-state index contributed by atoms with van der Waals surface area (Å²) in [5, 5.41) is 7.27. The predicted octanol–water partition coefficient (Wildman–Crippen LogP) is 3.39. The SMILES string of the molecule is NC1CCC(N[C@H]2C[C@@H]2c2ccc(OCc3cccc(N4CCNCC4)c3)cc2)CC1. The Balaban J connectivity index is 1.10. The zero-order valence-electron chi connectivity index (χ0n) is 18.4. The lowest BCUT2D eigenvalue weighted by molar-refractivity contribution is 0.306. The van der Waals surface area contributed by atoms with Gasteiger partial charge in [0.1, 0.15) is 12.4 Å². The van der Waals surface area contributed by atoms with Crippen LogP contribution in [0.1, 0.15) is 49.1 Å². The normalized spacial score (nSPS) is 28.4. The molecule has 0 amide bonds. The van der Waals surface area contributed by atoms with Crippen LogP contribution in [0.3, 0.4) is 0 Å². The highest BCUT2D eigenvalue weighted by atomic mass is 16.5. The number of anilines is 1. The third kappa shape index (κ3) is 5.40. The van der Waals surface area contributed by atoms with Crippen LogP contribution in [0.5, 0.6) is 5.75 Å². The van der Waals surface area contributed by atoms with Crippen molar-refractivity contribution in [2.24, 2.45) is 5.73 Å². The molecule has 2 saturated carbocycles. The van der Waals surface area contributed by atoms with Crippen molar-refractivity contribution >= 4 is 5.69 Å². The molecule has 5 heteroatoms. The minimum Gasteiger partial charge on any atom is -0.489 e. The summed E-state index contributed by atoms with van der Waals surface area (Å²) in [7, 11) is 0. The van der Waals surface area contributed by atoms with Gasteiger partial charge in [-0.05, 0) is 67.5 Å². The Morgan fingerprint density at radius 2 is 1.77 bits per heavy atom. The quantitative estimate of drug-likeness (QED) is 0.641. The molecule has 166 valence electrons. The van der Waals surface area contributed by atoms with Gasteiger partial charge in [0.15, 0.2) is 0 Å². The zero-order valence-corrected chi connectivity index (χ0v) is 18.4. The molecular formula is C26H36N4O. The fourth-order valence-electron chi connectivity index (χ4n) is 5.08. The molecule has 1 aliphatic heterocycles. The number of hydrogen-bond acceptors (Lipinski definition) is 5. The lowest BCUT2D eigenvalue weighted by atomic mass is 9.92. The molecule has 2 aromatic rings. The highest BCUT2D eigenvalue weighted by Crippen LogP contribution is 2.42. The van der Waals surface area contributed by atoms with Gasteiger partial charge in [-0.2, -0.15) is 0 Å². The fraction of sp³-hybridized carbons (Fsp3) is 0.538. The first-order valence-electron chi connectivity index (χ1n) is 12.0. The molecule has 1 saturated heterocycles. The molecule has 5 rings (SSSR count). The van der Waals surface area contributed by atoms with Crippen LogP contribution in [0.25, 0.3) is 0 Å². The Morgan fingerprint density at radius 3 is 2.55 bits per heavy atom. The molecule has 2 aliphatic carbocycles. The molecule has 0 spiro atoms. The van der Waals surface area contributed by atoms with Crippen LogP contribution >= 0.6 is 0 Å². The average molecular weight is 421 g/mol. The lowest BCUT2D eigenvalue weighted by Crippen LogP contribution is -2.43. The van der Waals surface area contributed by atoms with Crippen LogP contribution in [0.4, 0.5) is 5.69 Å². The first-order valence-corrected chi connectivity index (χ1v) is 12.0. The van der Waals surface area contributed by atoms with Crippen LogP contribution in [-0.4, -0.2) is 44.3 Å². The van der Waals surface area contributed by atoms with Gasteiger partial charge in [0.2, 0.25) is 0 Å². The largest absolute Gasteiger partial charge is 0.489 e. The van der Waals surface area contributed by atoms with Crippen molar-refractivity contribution < 1.29 is 4.74 Å². The lowest BCUT2D eigenvalue weighted by Gasteiger charge is -2.29. The zero-order chi connectivity index (χ0) is 21.0. The summed E-state index contributed by atoms with van der Waals surface area (Å²) in [6, 6.07) is 19.2. The van der Waals surface area contributed by atoms with E-state index >= 15 is 0 Å². The second-order valence-corrected chi connectivity index (χ2v) is 9.49. The summed E-state index contributed by atoms with van der Waals surface area (Å²) >= 11 is 0. The molecule has 31 heavy (non-hydrogen) atoms. The molecule has 0 aromatic heterocycles. The van der Waals surface area contributed by atoms with Gasteiger partial charge in [0.05, 0.1) is 0 Å². The number of nitrogens with zero attached hydrogens (tertiary/aromatic N) is 1. The summed E-state index contributed by atoms with van der Waals surface area (Å²) in [5.41, 5.74) is 9.98. The van der Waals surface area contributed by atoms with E-state index in [9.17, 15) is 0 Å². The summed E-state index contributed by atoms with van der Waals surface area (Å²) in [5.74, 6) is 1.60. The highest BCUT2D eigenvalue weighted by molar-refractivity contribution is 5.49. The summed E-state index contributed by atoms with van der Waals surface area (Å²) in [6.45, 7) is 4.85. The van der Waals surface area contributed by atoms with E-state index in [0.29, 0.717) is 30.7 Å². The molecule has 5 nitrogen and oxygen atoms in total. The number of rotatable bonds is 7. The van der Waals surface area contributed by atoms with Gasteiger partial charge in [0, 0.05) is 55.9 Å². The van der Waals surface area contributed by atoms with Crippen molar-refractivity contribution in [2.45, 2.75) is 62.8 Å². The summed E-state index contributed by atoms with van der Waals surface area (Å²) in [6.07, 6.45) is 6.04. The van der Waals surface area contributed by atoms with Gasteiger partial charge < -0.3 is 26.0 Å². The van der Waals surface area contributed by atoms with Gasteiger partial charge >= 0.3 is 0 Å². The third-order valence-corrected chi connectivity index (χ3v) is 7.12. The molecule has 0 unspecified atom stereocenters. The molecule has 0 bridgehead atoms. The molecule has 3 aliphatic rings. The molecule has 3 fully saturated rings. The van der Waals surface area contributed by atoms with E-state index < -0.39 is 0 Å². The molecule has 2 aromatic carbocycles. The minimum absolute atomic E-state index is 0.421. The van der Waals surface area contributed by atoms with E-state index in [1.807, 2.05) is 0 Å². The van der Waals surface area contributed by atoms with Crippen LogP contribution in [-0.2, 0) is 6.61 Å². The third-order valence-electron chi connectivity index (χ3n) is 7.12. The maximum Gasteiger partial charge on any atom is 0.119 e. The van der Waals surface area contributed by atoms with Crippen molar-refractivity contribution in [2.75, 3.05) is 31.1 Å². The smallest absolute Gasteiger partial charge is 0.119 e. The van der Waals surface area contributed by atoms with Crippen LogP contribution in [0, 0.1) is 0 Å². The predicted molar refractivity (Wildman–Crippen MR) is 127 cm³/mol. The maximum atomic E-state index is 6.09. The molecule has 1 heterocycles. The van der Waals surface area contributed by atoms with Crippen LogP contribution in [0.2, 0.25) is 0 Å². The van der Waals surface area contributed by atoms with Crippen LogP contribution in [0.15, 0.2) is 48.5 Å². The first-order chi connectivity index (χ1) is 15.2. The Bertz CT molecular complexity index is 841. The van der Waals surface area contributed by atoms with Gasteiger partial charge in [-0.15, -0.1) is 0 Å². The van der Waals surface area contributed by atoms with Crippen molar-refractivity contribution in [1.29, 1.82) is 0 Å². The second-order valence-electron chi connectivity index (χ2n) is 9.49. The fourth-order valence-corrected chi connectivity index (χ4v) is 5.08. The Kier molecular flexibility index (Phi) is 6.44. The van der Waals surface area contributed by atoms with Crippen molar-refractivity contribution in [1.82, 2.24) is 10.6 Å². The van der Waals surface area contributed by atoms with Gasteiger partial charge in [-0.25, -0.2) is 0 Å². The van der Waals surface area contributed by atoms with Gasteiger partial charge in [-0.1, -0.05) is 24.3 Å². The number of nitrogens with one attached hydrogen (secondary N) is 2. The standard InChI is InChI=1S/C26H36N4O/c27-21-6-8-22(9-7-21)29-26-17-25(26)20-4-10-24(11-5-20)31-18-19-2-1-3-23(16-19)30-14-12-28-13-15-30/h1-5,10-11,16,21-22,25-26,28-29H,6-9,12-15,17-18,27H2/t21?,22?,25-,26+/m1/s1. The van der Waals surface area contributed by atoms with E-state index in [-0.39, 0.29) is 0 Å². The van der Waals surface area contributed by atoms with Gasteiger partial charge in [-0.3, -0.25) is 0 Å². The van der Waals surface area contributed by atoms with E-state index in [2.05, 4.69) is 64.1 Å². The number of benzene rings is 2. The number of nitrogens with two attached hydrogens (primary N) is 1. The number of hydrogen-bond donors (Lipinski definition) is 3. The number of ether oxygens (including phenoxy) is 1. The highest BCUT2D eigenvalue weighted by Gasteiger charge is 2.39.